The van der Waals surface area contributed by atoms with E-state index in [4.69, 9.17) is 4.74 Å². The van der Waals surface area contributed by atoms with Crippen molar-refractivity contribution in [3.8, 4) is 0 Å². The minimum Gasteiger partial charge on any atom is -0.388 e. The van der Waals surface area contributed by atoms with Crippen LogP contribution in [0.5, 0.6) is 0 Å². The van der Waals surface area contributed by atoms with Crippen LogP contribution in [0, 0.1) is 0 Å². The molecular weight excluding hydrogens is 212 g/mol. The zero-order valence-electron chi connectivity index (χ0n) is 11.6. The molecule has 1 aliphatic heterocycles. The summed E-state index contributed by atoms with van der Waals surface area (Å²) in [4.78, 5) is 0. The summed E-state index contributed by atoms with van der Waals surface area (Å²) in [5.74, 6) is 0. The highest BCUT2D eigenvalue weighted by Gasteiger charge is 2.34. The third kappa shape index (κ3) is 4.29. The third-order valence-corrected chi connectivity index (χ3v) is 3.57. The van der Waals surface area contributed by atoms with E-state index in [0.29, 0.717) is 0 Å². The van der Waals surface area contributed by atoms with Crippen molar-refractivity contribution in [1.82, 2.24) is 0 Å². The van der Waals surface area contributed by atoms with Gasteiger partial charge in [0.05, 0.1) is 17.3 Å². The summed E-state index contributed by atoms with van der Waals surface area (Å²) in [5, 5.41) is 10.2. The normalized spacial score (nSPS) is 35.1. The number of ether oxygens (including phenoxy) is 1. The van der Waals surface area contributed by atoms with Gasteiger partial charge in [0.15, 0.2) is 0 Å². The average molecular weight is 238 g/mol. The molecule has 1 heterocycles. The Morgan fingerprint density at radius 1 is 1.59 bits per heavy atom. The fourth-order valence-electron chi connectivity index (χ4n) is 2.16. The molecule has 1 rings (SSSR count). The monoisotopic (exact) mass is 238 g/mol. The predicted octanol–water partition coefficient (Wildman–Crippen LogP) is 3.61. The van der Waals surface area contributed by atoms with Crippen LogP contribution in [0.25, 0.3) is 0 Å². The molecule has 0 spiro atoms. The first-order valence-electron chi connectivity index (χ1n) is 6.46. The van der Waals surface area contributed by atoms with E-state index in [9.17, 15) is 5.11 Å². The number of hydrogen-bond donors (Lipinski definition) is 1. The van der Waals surface area contributed by atoms with E-state index < -0.39 is 5.60 Å². The Morgan fingerprint density at radius 3 is 2.76 bits per heavy atom. The van der Waals surface area contributed by atoms with Crippen LogP contribution >= 0.6 is 0 Å². The van der Waals surface area contributed by atoms with Gasteiger partial charge in [-0.3, -0.25) is 0 Å². The van der Waals surface area contributed by atoms with E-state index >= 15 is 0 Å². The van der Waals surface area contributed by atoms with Crippen molar-refractivity contribution in [1.29, 1.82) is 0 Å². The van der Waals surface area contributed by atoms with E-state index in [0.717, 1.165) is 25.7 Å². The number of aliphatic hydroxyl groups is 1. The van der Waals surface area contributed by atoms with Gasteiger partial charge >= 0.3 is 0 Å². The van der Waals surface area contributed by atoms with Crippen molar-refractivity contribution >= 4 is 0 Å². The number of allylic oxidation sites excluding steroid dienone is 2. The molecule has 98 valence electrons. The van der Waals surface area contributed by atoms with Gasteiger partial charge in [-0.25, -0.2) is 0 Å². The van der Waals surface area contributed by atoms with E-state index in [1.54, 1.807) is 0 Å². The van der Waals surface area contributed by atoms with Gasteiger partial charge in [0.2, 0.25) is 0 Å². The van der Waals surface area contributed by atoms with Crippen molar-refractivity contribution in [3.05, 3.63) is 24.3 Å². The van der Waals surface area contributed by atoms with Crippen molar-refractivity contribution in [2.24, 2.45) is 0 Å². The summed E-state index contributed by atoms with van der Waals surface area (Å²) >= 11 is 0. The molecule has 0 unspecified atom stereocenters. The molecule has 0 aromatic rings. The van der Waals surface area contributed by atoms with Crippen LogP contribution in [-0.2, 0) is 4.74 Å². The van der Waals surface area contributed by atoms with Gasteiger partial charge in [-0.05, 0) is 53.4 Å². The minimum atomic E-state index is -0.811. The van der Waals surface area contributed by atoms with Gasteiger partial charge in [0.25, 0.3) is 0 Å². The Morgan fingerprint density at radius 2 is 2.24 bits per heavy atom. The molecule has 1 aliphatic rings. The molecule has 0 saturated carbocycles. The Labute approximate surface area is 105 Å². The van der Waals surface area contributed by atoms with Crippen LogP contribution in [0.15, 0.2) is 24.3 Å². The summed E-state index contributed by atoms with van der Waals surface area (Å²) < 4.78 is 6.12. The average Bonchev–Trinajstić information content (AvgIpc) is 2.28. The molecule has 0 fully saturated rings. The number of hydrogen-bond acceptors (Lipinski definition) is 2. The van der Waals surface area contributed by atoms with E-state index in [-0.39, 0.29) is 11.7 Å². The lowest BCUT2D eigenvalue weighted by atomic mass is 9.94. The summed E-state index contributed by atoms with van der Waals surface area (Å²) in [5.41, 5.74) is 0.233. The molecule has 2 heteroatoms. The van der Waals surface area contributed by atoms with Gasteiger partial charge in [-0.2, -0.15) is 0 Å². The quantitative estimate of drug-likeness (QED) is 0.745. The Bertz CT molecular complexity index is 299. The fraction of sp³-hybridized carbons (Fsp3) is 0.733. The summed E-state index contributed by atoms with van der Waals surface area (Å²) in [6.45, 7) is 11.7. The standard InChI is InChI=1S/C15H26O2/c1-6-15(5)11-7-8-12(2)9-10-13(17-15)14(3,4)16/h6,8,13,16H,1,7,9-11H2,2-5H3/b12-8-/t13-,15+/m0/s1. The van der Waals surface area contributed by atoms with Crippen LogP contribution in [0.4, 0.5) is 0 Å². The van der Waals surface area contributed by atoms with Crippen LogP contribution in [-0.4, -0.2) is 22.4 Å². The molecule has 0 bridgehead atoms. The van der Waals surface area contributed by atoms with Crippen molar-refractivity contribution in [2.75, 3.05) is 0 Å². The van der Waals surface area contributed by atoms with E-state index in [1.807, 2.05) is 26.8 Å². The third-order valence-electron chi connectivity index (χ3n) is 3.57. The first-order chi connectivity index (χ1) is 7.77. The van der Waals surface area contributed by atoms with E-state index in [1.165, 1.54) is 5.57 Å². The summed E-state index contributed by atoms with van der Waals surface area (Å²) in [6, 6.07) is 0. The highest BCUT2D eigenvalue weighted by Crippen LogP contribution is 2.30. The Kier molecular flexibility index (Phi) is 4.56. The second-order valence-electron chi connectivity index (χ2n) is 5.90. The van der Waals surface area contributed by atoms with Crippen LogP contribution in [0.3, 0.4) is 0 Å². The zero-order valence-corrected chi connectivity index (χ0v) is 11.6. The number of rotatable bonds is 2. The van der Waals surface area contributed by atoms with Crippen molar-refractivity contribution < 1.29 is 9.84 Å². The smallest absolute Gasteiger partial charge is 0.0871 e. The van der Waals surface area contributed by atoms with Crippen LogP contribution < -0.4 is 0 Å². The Balaban J connectivity index is 2.91. The predicted molar refractivity (Wildman–Crippen MR) is 72.0 cm³/mol. The maximum atomic E-state index is 10.2. The first-order valence-corrected chi connectivity index (χ1v) is 6.46. The lowest BCUT2D eigenvalue weighted by Crippen LogP contribution is -2.44. The molecule has 0 amide bonds. The molecule has 0 aromatic heterocycles. The molecular formula is C15H26O2. The maximum absolute atomic E-state index is 10.2. The summed E-state index contributed by atoms with van der Waals surface area (Å²) in [7, 11) is 0. The van der Waals surface area contributed by atoms with Crippen molar-refractivity contribution in [3.63, 3.8) is 0 Å². The molecule has 2 nitrogen and oxygen atoms in total. The van der Waals surface area contributed by atoms with Gasteiger partial charge in [-0.15, -0.1) is 6.58 Å². The molecule has 0 aromatic carbocycles. The summed E-state index contributed by atoms with van der Waals surface area (Å²) in [6.07, 6.45) is 7.76. The van der Waals surface area contributed by atoms with Gasteiger partial charge in [-0.1, -0.05) is 17.7 Å². The molecule has 0 radical (unpaired) electrons. The fourth-order valence-corrected chi connectivity index (χ4v) is 2.16. The minimum absolute atomic E-state index is 0.146. The highest BCUT2D eigenvalue weighted by molar-refractivity contribution is 5.04. The van der Waals surface area contributed by atoms with Crippen molar-refractivity contribution in [2.45, 2.75) is 70.7 Å². The first kappa shape index (κ1) is 14.5. The van der Waals surface area contributed by atoms with Gasteiger partial charge in [0.1, 0.15) is 0 Å². The lowest BCUT2D eigenvalue weighted by molar-refractivity contribution is -0.144. The van der Waals surface area contributed by atoms with Crippen LogP contribution in [0.2, 0.25) is 0 Å². The highest BCUT2D eigenvalue weighted by atomic mass is 16.5. The molecule has 17 heavy (non-hydrogen) atoms. The maximum Gasteiger partial charge on any atom is 0.0871 e. The Hall–Kier alpha value is -0.600. The topological polar surface area (TPSA) is 29.5 Å². The van der Waals surface area contributed by atoms with E-state index in [2.05, 4.69) is 19.6 Å². The second-order valence-corrected chi connectivity index (χ2v) is 5.90. The second kappa shape index (κ2) is 5.36. The molecule has 0 aliphatic carbocycles. The largest absolute Gasteiger partial charge is 0.388 e. The van der Waals surface area contributed by atoms with Gasteiger partial charge in [0, 0.05) is 0 Å². The molecule has 0 saturated heterocycles. The SMILES string of the molecule is C=C[C@]1(C)CC/C=C(/C)CC[C@@H](C(C)(C)O)O1. The lowest BCUT2D eigenvalue weighted by Gasteiger charge is -2.37. The molecule has 2 atom stereocenters. The van der Waals surface area contributed by atoms with Gasteiger partial charge < -0.3 is 9.84 Å². The van der Waals surface area contributed by atoms with Crippen LogP contribution in [0.1, 0.15) is 53.4 Å². The zero-order chi connectivity index (χ0) is 13.1. The molecule has 1 N–H and O–H groups in total.